The third kappa shape index (κ3) is 3.67. The molecule has 18 heavy (non-hydrogen) atoms. The van der Waals surface area contributed by atoms with Gasteiger partial charge in [0.15, 0.2) is 5.78 Å². The average Bonchev–Trinajstić information content (AvgIpc) is 2.27. The molecule has 1 aromatic rings. The topological polar surface area (TPSA) is 43.4 Å². The van der Waals surface area contributed by atoms with Crippen molar-refractivity contribution in [1.29, 1.82) is 0 Å². The summed E-state index contributed by atoms with van der Waals surface area (Å²) in [6, 6.07) is 3.69. The molecule has 0 unspecified atom stereocenters. The van der Waals surface area contributed by atoms with Crippen molar-refractivity contribution in [2.75, 3.05) is 6.61 Å². The van der Waals surface area contributed by atoms with Gasteiger partial charge in [-0.05, 0) is 37.6 Å². The van der Waals surface area contributed by atoms with Gasteiger partial charge in [-0.3, -0.25) is 4.79 Å². The Morgan fingerprint density at radius 2 is 2.11 bits per heavy atom. The van der Waals surface area contributed by atoms with Gasteiger partial charge in [0.2, 0.25) is 0 Å². The molecule has 1 aromatic carbocycles. The van der Waals surface area contributed by atoms with E-state index in [0.29, 0.717) is 5.56 Å². The number of Topliss-reactive ketones (excluding diaryl/α,β-unsaturated/α-hetero) is 1. The minimum Gasteiger partial charge on any atom is -0.462 e. The van der Waals surface area contributed by atoms with Crippen molar-refractivity contribution in [3.63, 3.8) is 0 Å². The molecule has 0 aliphatic heterocycles. The number of benzene rings is 1. The minimum absolute atomic E-state index is 0.120. The smallest absolute Gasteiger partial charge is 0.341 e. The lowest BCUT2D eigenvalue weighted by atomic mass is 10.1. The van der Waals surface area contributed by atoms with Crippen LogP contribution in [0.4, 0.5) is 4.39 Å². The Morgan fingerprint density at radius 3 is 2.61 bits per heavy atom. The van der Waals surface area contributed by atoms with Gasteiger partial charge in [-0.2, -0.15) is 0 Å². The van der Waals surface area contributed by atoms with E-state index in [4.69, 9.17) is 16.3 Å². The fourth-order valence-corrected chi connectivity index (χ4v) is 1.51. The molecular weight excluding hydrogens is 259 g/mol. The Hall–Kier alpha value is -1.68. The molecule has 0 saturated heterocycles. The summed E-state index contributed by atoms with van der Waals surface area (Å²) in [5.74, 6) is -1.64. The van der Waals surface area contributed by atoms with Crippen LogP contribution in [0.3, 0.4) is 0 Å². The van der Waals surface area contributed by atoms with Crippen LogP contribution in [-0.2, 0) is 14.3 Å². The van der Waals surface area contributed by atoms with E-state index in [1.165, 1.54) is 25.1 Å². The summed E-state index contributed by atoms with van der Waals surface area (Å²) in [4.78, 5) is 22.9. The van der Waals surface area contributed by atoms with Crippen LogP contribution in [0.25, 0.3) is 6.08 Å². The number of carbonyl (C=O) groups excluding carboxylic acids is 2. The number of esters is 1. The molecule has 0 aliphatic carbocycles. The van der Waals surface area contributed by atoms with Crippen LogP contribution in [0.1, 0.15) is 19.4 Å². The maximum absolute atomic E-state index is 12.9. The highest BCUT2D eigenvalue weighted by Gasteiger charge is 2.16. The average molecular weight is 271 g/mol. The van der Waals surface area contributed by atoms with Gasteiger partial charge in [-0.1, -0.05) is 17.7 Å². The predicted molar refractivity (Wildman–Crippen MR) is 66.7 cm³/mol. The van der Waals surface area contributed by atoms with Crippen LogP contribution >= 0.6 is 11.6 Å². The van der Waals surface area contributed by atoms with E-state index in [1.807, 2.05) is 0 Å². The maximum Gasteiger partial charge on any atom is 0.341 e. The molecule has 0 aromatic heterocycles. The van der Waals surface area contributed by atoms with E-state index < -0.39 is 17.6 Å². The quantitative estimate of drug-likeness (QED) is 0.366. The summed E-state index contributed by atoms with van der Waals surface area (Å²) in [5, 5.41) is 0.123. The standard InChI is InChI=1S/C13H12ClFO3/c1-3-18-13(17)11(8(2)16)6-9-4-5-10(15)7-12(9)14/h4-7H,3H2,1-2H3/b11-6-. The molecule has 3 nitrogen and oxygen atoms in total. The fraction of sp³-hybridized carbons (Fsp3) is 0.231. The van der Waals surface area contributed by atoms with Crippen LogP contribution in [0, 0.1) is 5.82 Å². The highest BCUT2D eigenvalue weighted by atomic mass is 35.5. The first-order chi connectivity index (χ1) is 8.45. The van der Waals surface area contributed by atoms with Gasteiger partial charge in [0.1, 0.15) is 11.4 Å². The molecule has 0 fully saturated rings. The summed E-state index contributed by atoms with van der Waals surface area (Å²) in [5.41, 5.74) is 0.265. The Kier molecular flexibility index (Phi) is 5.04. The van der Waals surface area contributed by atoms with E-state index in [-0.39, 0.29) is 17.2 Å². The van der Waals surface area contributed by atoms with Crippen LogP contribution in [-0.4, -0.2) is 18.4 Å². The zero-order chi connectivity index (χ0) is 13.7. The van der Waals surface area contributed by atoms with Gasteiger partial charge >= 0.3 is 5.97 Å². The molecule has 0 bridgehead atoms. The van der Waals surface area contributed by atoms with Gasteiger partial charge < -0.3 is 4.74 Å². The lowest BCUT2D eigenvalue weighted by Gasteiger charge is -2.04. The number of ketones is 1. The molecule has 0 aliphatic rings. The number of carbonyl (C=O) groups is 2. The minimum atomic E-state index is -0.717. The van der Waals surface area contributed by atoms with Crippen LogP contribution in [0.2, 0.25) is 5.02 Å². The maximum atomic E-state index is 12.9. The SMILES string of the molecule is CCOC(=O)/C(=C\c1ccc(F)cc1Cl)C(C)=O. The van der Waals surface area contributed by atoms with E-state index in [1.54, 1.807) is 6.92 Å². The summed E-state index contributed by atoms with van der Waals surface area (Å²) in [6.07, 6.45) is 1.29. The van der Waals surface area contributed by atoms with Crippen molar-refractivity contribution < 1.29 is 18.7 Å². The number of ether oxygens (including phenoxy) is 1. The molecule has 0 radical (unpaired) electrons. The van der Waals surface area contributed by atoms with E-state index >= 15 is 0 Å². The van der Waals surface area contributed by atoms with Gasteiger partial charge in [0, 0.05) is 0 Å². The summed E-state index contributed by atoms with van der Waals surface area (Å²) in [6.45, 7) is 3.06. The van der Waals surface area contributed by atoms with Gasteiger partial charge in [-0.25, -0.2) is 9.18 Å². The normalized spacial score (nSPS) is 11.2. The molecule has 0 heterocycles. The summed E-state index contributed by atoms with van der Waals surface area (Å²) in [7, 11) is 0. The number of hydrogen-bond acceptors (Lipinski definition) is 3. The Morgan fingerprint density at radius 1 is 1.44 bits per heavy atom. The van der Waals surface area contributed by atoms with Crippen molar-refractivity contribution in [3.8, 4) is 0 Å². The lowest BCUT2D eigenvalue weighted by Crippen LogP contribution is -2.13. The molecule has 0 atom stereocenters. The summed E-state index contributed by atoms with van der Waals surface area (Å²) < 4.78 is 17.6. The van der Waals surface area contributed by atoms with Crippen molar-refractivity contribution in [3.05, 3.63) is 40.2 Å². The lowest BCUT2D eigenvalue weighted by molar-refractivity contribution is -0.139. The monoisotopic (exact) mass is 270 g/mol. The Bertz CT molecular complexity index is 509. The molecule has 1 rings (SSSR count). The Labute approximate surface area is 109 Å². The Balaban J connectivity index is 3.16. The predicted octanol–water partition coefficient (Wildman–Crippen LogP) is 3.01. The van der Waals surface area contributed by atoms with E-state index in [9.17, 15) is 14.0 Å². The molecule has 0 spiro atoms. The molecule has 0 N–H and O–H groups in total. The zero-order valence-electron chi connectivity index (χ0n) is 10.00. The second kappa shape index (κ2) is 6.31. The first kappa shape index (κ1) is 14.4. The highest BCUT2D eigenvalue weighted by molar-refractivity contribution is 6.32. The van der Waals surface area contributed by atoms with Crippen LogP contribution in [0.15, 0.2) is 23.8 Å². The van der Waals surface area contributed by atoms with Crippen molar-refractivity contribution in [2.24, 2.45) is 0 Å². The summed E-state index contributed by atoms with van der Waals surface area (Å²) >= 11 is 5.81. The second-order valence-corrected chi connectivity index (χ2v) is 3.91. The van der Waals surface area contributed by atoms with E-state index in [2.05, 4.69) is 0 Å². The number of rotatable bonds is 4. The molecule has 5 heteroatoms. The van der Waals surface area contributed by atoms with Gasteiger partial charge in [0.25, 0.3) is 0 Å². The number of halogens is 2. The third-order valence-corrected chi connectivity index (χ3v) is 2.46. The first-order valence-electron chi connectivity index (χ1n) is 5.30. The zero-order valence-corrected chi connectivity index (χ0v) is 10.8. The molecular formula is C13H12ClFO3. The first-order valence-corrected chi connectivity index (χ1v) is 5.68. The van der Waals surface area contributed by atoms with Gasteiger partial charge in [-0.15, -0.1) is 0 Å². The molecule has 96 valence electrons. The molecule has 0 saturated carbocycles. The van der Waals surface area contributed by atoms with E-state index in [0.717, 1.165) is 6.07 Å². The largest absolute Gasteiger partial charge is 0.462 e. The fourth-order valence-electron chi connectivity index (χ4n) is 1.29. The van der Waals surface area contributed by atoms with Crippen LogP contribution in [0.5, 0.6) is 0 Å². The van der Waals surface area contributed by atoms with Crippen molar-refractivity contribution >= 4 is 29.4 Å². The number of hydrogen-bond donors (Lipinski definition) is 0. The molecule has 0 amide bonds. The second-order valence-electron chi connectivity index (χ2n) is 3.50. The van der Waals surface area contributed by atoms with Gasteiger partial charge in [0.05, 0.1) is 11.6 Å². The highest BCUT2D eigenvalue weighted by Crippen LogP contribution is 2.20. The third-order valence-electron chi connectivity index (χ3n) is 2.14. The van der Waals surface area contributed by atoms with Crippen LogP contribution < -0.4 is 0 Å². The van der Waals surface area contributed by atoms with Crippen molar-refractivity contribution in [1.82, 2.24) is 0 Å². The van der Waals surface area contributed by atoms with Crippen molar-refractivity contribution in [2.45, 2.75) is 13.8 Å².